The van der Waals surface area contributed by atoms with Gasteiger partial charge in [-0.2, -0.15) is 0 Å². The second-order valence-electron chi connectivity index (χ2n) is 8.47. The van der Waals surface area contributed by atoms with E-state index in [1.807, 2.05) is 26.0 Å². The Morgan fingerprint density at radius 3 is 2.37 bits per heavy atom. The number of ether oxygens (including phenoxy) is 1. The molecule has 1 saturated carbocycles. The number of carbonyl (C=O) groups excluding carboxylic acids is 1. The molecule has 1 fully saturated rings. The molecule has 0 spiro atoms. The minimum atomic E-state index is -0.729. The fourth-order valence-electron chi connectivity index (χ4n) is 3.81. The third-order valence-electron chi connectivity index (χ3n) is 5.79. The van der Waals surface area contributed by atoms with Crippen LogP contribution in [0.3, 0.4) is 0 Å². The Labute approximate surface area is 162 Å². The largest absolute Gasteiger partial charge is 0.490 e. The van der Waals surface area contributed by atoms with E-state index in [0.29, 0.717) is 5.92 Å². The fourth-order valence-corrected chi connectivity index (χ4v) is 3.81. The van der Waals surface area contributed by atoms with Gasteiger partial charge in [0.1, 0.15) is 5.75 Å². The quantitative estimate of drug-likeness (QED) is 0.728. The fraction of sp³-hybridized carbons (Fsp3) is 0.458. The predicted octanol–water partition coefficient (Wildman–Crippen LogP) is 5.56. The summed E-state index contributed by atoms with van der Waals surface area (Å²) in [7, 11) is 0. The van der Waals surface area contributed by atoms with Gasteiger partial charge >= 0.3 is 0 Å². The molecule has 0 aliphatic heterocycles. The van der Waals surface area contributed by atoms with E-state index in [4.69, 9.17) is 10.5 Å². The van der Waals surface area contributed by atoms with Gasteiger partial charge in [0, 0.05) is 5.56 Å². The summed E-state index contributed by atoms with van der Waals surface area (Å²) in [6, 6.07) is 14.6. The van der Waals surface area contributed by atoms with Crippen LogP contribution in [-0.2, 0) is 10.2 Å². The average Bonchev–Trinajstić information content (AvgIpc) is 3.14. The lowest BCUT2D eigenvalue weighted by molar-refractivity contribution is -0.122. The van der Waals surface area contributed by atoms with Crippen molar-refractivity contribution in [3.8, 4) is 16.9 Å². The number of carbonyl (C=O) groups is 1. The summed E-state index contributed by atoms with van der Waals surface area (Å²) in [4.78, 5) is 12.0. The van der Waals surface area contributed by atoms with E-state index >= 15 is 0 Å². The zero-order valence-electron chi connectivity index (χ0n) is 16.9. The van der Waals surface area contributed by atoms with Crippen molar-refractivity contribution in [1.29, 1.82) is 0 Å². The van der Waals surface area contributed by atoms with Gasteiger partial charge in [-0.25, -0.2) is 0 Å². The molecule has 0 saturated heterocycles. The van der Waals surface area contributed by atoms with Gasteiger partial charge in [0.05, 0.1) is 11.5 Å². The van der Waals surface area contributed by atoms with E-state index in [9.17, 15) is 4.79 Å². The number of rotatable bonds is 6. The van der Waals surface area contributed by atoms with Crippen molar-refractivity contribution in [2.45, 2.75) is 70.8 Å². The molecular formula is C24H31NO2. The molecule has 3 heteroatoms. The van der Waals surface area contributed by atoms with Gasteiger partial charge < -0.3 is 10.5 Å². The second-order valence-corrected chi connectivity index (χ2v) is 8.47. The van der Waals surface area contributed by atoms with Crippen LogP contribution in [0, 0.1) is 0 Å². The molecule has 0 unspecified atom stereocenters. The topological polar surface area (TPSA) is 52.3 Å². The summed E-state index contributed by atoms with van der Waals surface area (Å²) in [5.74, 6) is 0.974. The first-order chi connectivity index (χ1) is 12.8. The second kappa shape index (κ2) is 7.75. The van der Waals surface area contributed by atoms with Gasteiger partial charge in [0.2, 0.25) is 5.91 Å². The summed E-state index contributed by atoms with van der Waals surface area (Å²) in [5.41, 5.74) is 9.36. The molecule has 0 aromatic heterocycles. The Bertz CT molecular complexity index is 817. The van der Waals surface area contributed by atoms with Gasteiger partial charge in [-0.1, -0.05) is 44.2 Å². The minimum Gasteiger partial charge on any atom is -0.490 e. The highest BCUT2D eigenvalue weighted by Crippen LogP contribution is 2.40. The maximum atomic E-state index is 12.0. The van der Waals surface area contributed by atoms with Crippen LogP contribution in [0.25, 0.3) is 11.1 Å². The van der Waals surface area contributed by atoms with Crippen LogP contribution in [0.5, 0.6) is 5.75 Å². The Hall–Kier alpha value is -2.29. The van der Waals surface area contributed by atoms with Crippen molar-refractivity contribution in [2.75, 3.05) is 0 Å². The summed E-state index contributed by atoms with van der Waals surface area (Å²) in [5, 5.41) is 0. The van der Waals surface area contributed by atoms with E-state index in [1.54, 1.807) is 0 Å². The highest BCUT2D eigenvalue weighted by Gasteiger charge is 2.29. The number of hydrogen-bond acceptors (Lipinski definition) is 2. The first-order valence-corrected chi connectivity index (χ1v) is 10.0. The lowest BCUT2D eigenvalue weighted by Crippen LogP contribution is -2.35. The van der Waals surface area contributed by atoms with Crippen LogP contribution in [0.15, 0.2) is 42.5 Å². The molecule has 144 valence electrons. The number of primary amides is 1. The average molecular weight is 366 g/mol. The first-order valence-electron chi connectivity index (χ1n) is 10.0. The Morgan fingerprint density at radius 2 is 1.74 bits per heavy atom. The van der Waals surface area contributed by atoms with E-state index < -0.39 is 5.41 Å². The van der Waals surface area contributed by atoms with Crippen LogP contribution in [0.4, 0.5) is 0 Å². The van der Waals surface area contributed by atoms with Crippen LogP contribution in [-0.4, -0.2) is 12.0 Å². The maximum absolute atomic E-state index is 12.0. The number of hydrogen-bond donors (Lipinski definition) is 1. The molecule has 0 heterocycles. The van der Waals surface area contributed by atoms with Gasteiger partial charge in [-0.3, -0.25) is 4.79 Å². The molecule has 3 rings (SSSR count). The third-order valence-corrected chi connectivity index (χ3v) is 5.79. The highest BCUT2D eigenvalue weighted by molar-refractivity contribution is 5.87. The molecule has 2 aromatic rings. The van der Waals surface area contributed by atoms with Crippen molar-refractivity contribution in [2.24, 2.45) is 5.73 Å². The van der Waals surface area contributed by atoms with E-state index in [-0.39, 0.29) is 12.0 Å². The summed E-state index contributed by atoms with van der Waals surface area (Å²) >= 11 is 0. The number of amides is 1. The molecule has 3 nitrogen and oxygen atoms in total. The molecule has 27 heavy (non-hydrogen) atoms. The lowest BCUT2D eigenvalue weighted by atomic mass is 9.81. The summed E-state index contributed by atoms with van der Waals surface area (Å²) in [6.45, 7) is 8.15. The predicted molar refractivity (Wildman–Crippen MR) is 111 cm³/mol. The molecule has 1 aliphatic rings. The molecule has 2 N–H and O–H groups in total. The first kappa shape index (κ1) is 19.5. The molecule has 0 radical (unpaired) electrons. The van der Waals surface area contributed by atoms with Crippen molar-refractivity contribution in [1.82, 2.24) is 0 Å². The summed E-state index contributed by atoms with van der Waals surface area (Å²) < 4.78 is 6.41. The molecular weight excluding hydrogens is 334 g/mol. The van der Waals surface area contributed by atoms with Crippen LogP contribution in [0.1, 0.15) is 70.4 Å². The van der Waals surface area contributed by atoms with E-state index in [1.165, 1.54) is 24.0 Å². The molecule has 2 aromatic carbocycles. The van der Waals surface area contributed by atoms with E-state index in [2.05, 4.69) is 44.2 Å². The van der Waals surface area contributed by atoms with Gasteiger partial charge in [-0.15, -0.1) is 0 Å². The Balaban J connectivity index is 2.13. The Morgan fingerprint density at radius 1 is 1.07 bits per heavy atom. The number of benzene rings is 2. The Kier molecular flexibility index (Phi) is 5.59. The lowest BCUT2D eigenvalue weighted by Gasteiger charge is -2.25. The van der Waals surface area contributed by atoms with Crippen molar-refractivity contribution < 1.29 is 9.53 Å². The zero-order valence-corrected chi connectivity index (χ0v) is 16.9. The maximum Gasteiger partial charge on any atom is 0.227 e. The zero-order chi connectivity index (χ0) is 19.6. The number of nitrogens with two attached hydrogens (primary N) is 1. The smallest absolute Gasteiger partial charge is 0.227 e. The molecule has 1 aliphatic carbocycles. The summed E-state index contributed by atoms with van der Waals surface area (Å²) in [6.07, 6.45) is 4.97. The van der Waals surface area contributed by atoms with E-state index in [0.717, 1.165) is 29.7 Å². The monoisotopic (exact) mass is 365 g/mol. The van der Waals surface area contributed by atoms with Crippen molar-refractivity contribution in [3.05, 3.63) is 53.6 Å². The van der Waals surface area contributed by atoms with Crippen LogP contribution >= 0.6 is 0 Å². The SMILES string of the molecule is CC(C)c1ccccc1-c1cc(C(C)(C)C(N)=O)ccc1OC1CCCC1. The standard InChI is InChI=1S/C24H31NO2/c1-16(2)19-11-7-8-12-20(19)21-15-17(24(3,4)23(25)26)13-14-22(21)27-18-9-5-6-10-18/h7-8,11-16,18H,5-6,9-10H2,1-4H3,(H2,25,26). The van der Waals surface area contributed by atoms with Crippen molar-refractivity contribution >= 4 is 5.91 Å². The molecule has 1 amide bonds. The van der Waals surface area contributed by atoms with Gasteiger partial charge in [-0.05, 0) is 74.3 Å². The highest BCUT2D eigenvalue weighted by atomic mass is 16.5. The molecule has 0 atom stereocenters. The molecule has 0 bridgehead atoms. The normalized spacial score (nSPS) is 15.3. The van der Waals surface area contributed by atoms with Gasteiger partial charge in [0.15, 0.2) is 0 Å². The third kappa shape index (κ3) is 4.02. The van der Waals surface area contributed by atoms with Gasteiger partial charge in [0.25, 0.3) is 0 Å². The van der Waals surface area contributed by atoms with Crippen LogP contribution in [0.2, 0.25) is 0 Å². The van der Waals surface area contributed by atoms with Crippen molar-refractivity contribution in [3.63, 3.8) is 0 Å². The van der Waals surface area contributed by atoms with Crippen LogP contribution < -0.4 is 10.5 Å². The minimum absolute atomic E-state index is 0.282.